The molecule has 1 aromatic heterocycles. The molecule has 0 amide bonds. The van der Waals surface area contributed by atoms with Crippen molar-refractivity contribution in [2.24, 2.45) is 0 Å². The van der Waals surface area contributed by atoms with Gasteiger partial charge < -0.3 is 30.4 Å². The van der Waals surface area contributed by atoms with E-state index < -0.39 is 34.4 Å². The second-order valence-corrected chi connectivity index (χ2v) is 5.88. The Labute approximate surface area is 164 Å². The van der Waals surface area contributed by atoms with E-state index in [0.717, 1.165) is 0 Å². The van der Waals surface area contributed by atoms with E-state index in [-0.39, 0.29) is 16.9 Å². The zero-order chi connectivity index (χ0) is 21.1. The summed E-state index contributed by atoms with van der Waals surface area (Å²) in [6.07, 6.45) is 0. The first kappa shape index (κ1) is 19.5. The quantitative estimate of drug-likeness (QED) is 0.496. The maximum atomic E-state index is 12.2. The molecule has 3 rings (SSSR count). The normalized spacial score (nSPS) is 10.4. The van der Waals surface area contributed by atoms with Crippen molar-refractivity contribution >= 4 is 17.8 Å². The summed E-state index contributed by atoms with van der Waals surface area (Å²) in [4.78, 5) is 37.8. The molecule has 29 heavy (non-hydrogen) atoms. The lowest BCUT2D eigenvalue weighted by atomic mass is 9.94. The van der Waals surface area contributed by atoms with Gasteiger partial charge in [-0.1, -0.05) is 18.2 Å². The summed E-state index contributed by atoms with van der Waals surface area (Å²) in [6.45, 7) is 0. The van der Waals surface area contributed by atoms with Gasteiger partial charge in [-0.25, -0.2) is 9.59 Å². The van der Waals surface area contributed by atoms with Crippen molar-refractivity contribution < 1.29 is 29.3 Å². The monoisotopic (exact) mass is 396 g/mol. The van der Waals surface area contributed by atoms with Crippen LogP contribution in [0.3, 0.4) is 0 Å². The largest absolute Gasteiger partial charge is 0.497 e. The van der Waals surface area contributed by atoms with E-state index in [1.807, 2.05) is 0 Å². The smallest absolute Gasteiger partial charge is 0.342 e. The zero-order valence-corrected chi connectivity index (χ0v) is 15.1. The van der Waals surface area contributed by atoms with Gasteiger partial charge in [0.1, 0.15) is 34.2 Å². The Kier molecular flexibility index (Phi) is 5.22. The molecule has 5 N–H and O–H groups in total. The van der Waals surface area contributed by atoms with Crippen LogP contribution in [-0.2, 0) is 0 Å². The molecular formula is C20H16N2O7. The molecule has 0 aliphatic heterocycles. The van der Waals surface area contributed by atoms with Crippen LogP contribution in [0.15, 0.2) is 53.3 Å². The standard InChI is InChI=1S/C20H16N2O7/c1-28-10-6-8-11(9-7-10)29-13-5-3-2-4-12(13)14-15(19(24)25)17(21)22-18(23)16(14)20(26)27/h2-9H,1H3,(H,24,25)(H,26,27)(H3,21,22,23). The molecule has 0 unspecified atom stereocenters. The van der Waals surface area contributed by atoms with E-state index in [4.69, 9.17) is 15.2 Å². The number of ether oxygens (including phenoxy) is 2. The fourth-order valence-corrected chi connectivity index (χ4v) is 2.85. The summed E-state index contributed by atoms with van der Waals surface area (Å²) in [5, 5.41) is 19.1. The number of hydrogen-bond donors (Lipinski definition) is 4. The highest BCUT2D eigenvalue weighted by molar-refractivity contribution is 6.08. The number of aromatic nitrogens is 1. The van der Waals surface area contributed by atoms with Gasteiger partial charge in [-0.05, 0) is 30.3 Å². The molecule has 0 saturated carbocycles. The van der Waals surface area contributed by atoms with Gasteiger partial charge in [0, 0.05) is 11.1 Å². The number of benzene rings is 2. The van der Waals surface area contributed by atoms with Crippen LogP contribution in [0.5, 0.6) is 17.2 Å². The van der Waals surface area contributed by atoms with Crippen molar-refractivity contribution in [3.05, 3.63) is 70.0 Å². The number of nitrogens with one attached hydrogen (secondary N) is 1. The first-order valence-corrected chi connectivity index (χ1v) is 8.27. The maximum Gasteiger partial charge on any atom is 0.342 e. The van der Waals surface area contributed by atoms with Crippen molar-refractivity contribution in [1.82, 2.24) is 4.98 Å². The van der Waals surface area contributed by atoms with Crippen LogP contribution in [0.25, 0.3) is 11.1 Å². The third-order valence-corrected chi connectivity index (χ3v) is 4.12. The molecule has 9 nitrogen and oxygen atoms in total. The molecule has 0 radical (unpaired) electrons. The van der Waals surface area contributed by atoms with E-state index in [9.17, 15) is 24.6 Å². The fourth-order valence-electron chi connectivity index (χ4n) is 2.85. The number of carboxylic acid groups (broad SMARTS) is 2. The number of rotatable bonds is 6. The molecule has 0 aliphatic rings. The lowest BCUT2D eigenvalue weighted by Crippen LogP contribution is -2.24. The fraction of sp³-hybridized carbons (Fsp3) is 0.0500. The van der Waals surface area contributed by atoms with Gasteiger partial charge in [-0.2, -0.15) is 0 Å². The van der Waals surface area contributed by atoms with Crippen LogP contribution in [0.2, 0.25) is 0 Å². The van der Waals surface area contributed by atoms with Crippen molar-refractivity contribution in [3.63, 3.8) is 0 Å². The molecule has 0 aliphatic carbocycles. The maximum absolute atomic E-state index is 12.2. The molecule has 0 bridgehead atoms. The van der Waals surface area contributed by atoms with Crippen LogP contribution >= 0.6 is 0 Å². The molecular weight excluding hydrogens is 380 g/mol. The van der Waals surface area contributed by atoms with E-state index >= 15 is 0 Å². The van der Waals surface area contributed by atoms with Gasteiger partial charge in [0.2, 0.25) is 0 Å². The highest BCUT2D eigenvalue weighted by atomic mass is 16.5. The van der Waals surface area contributed by atoms with Gasteiger partial charge >= 0.3 is 11.9 Å². The number of pyridine rings is 1. The number of anilines is 1. The van der Waals surface area contributed by atoms with Crippen LogP contribution in [-0.4, -0.2) is 34.2 Å². The first-order valence-electron chi connectivity index (χ1n) is 8.27. The van der Waals surface area contributed by atoms with Crippen LogP contribution < -0.4 is 20.8 Å². The Morgan fingerprint density at radius 2 is 1.52 bits per heavy atom. The summed E-state index contributed by atoms with van der Waals surface area (Å²) in [5.74, 6) is -2.40. The van der Waals surface area contributed by atoms with Gasteiger partial charge in [0.25, 0.3) is 5.56 Å². The minimum atomic E-state index is -1.59. The summed E-state index contributed by atoms with van der Waals surface area (Å²) in [7, 11) is 1.52. The minimum Gasteiger partial charge on any atom is -0.497 e. The van der Waals surface area contributed by atoms with E-state index in [1.165, 1.54) is 19.2 Å². The first-order chi connectivity index (χ1) is 13.8. The molecule has 0 saturated heterocycles. The van der Waals surface area contributed by atoms with Crippen molar-refractivity contribution in [2.45, 2.75) is 0 Å². The zero-order valence-electron chi connectivity index (χ0n) is 15.1. The van der Waals surface area contributed by atoms with E-state index in [0.29, 0.717) is 11.5 Å². The van der Waals surface area contributed by atoms with Crippen LogP contribution in [0, 0.1) is 0 Å². The number of carbonyl (C=O) groups is 2. The number of para-hydroxylation sites is 1. The predicted molar refractivity (Wildman–Crippen MR) is 104 cm³/mol. The molecule has 0 fully saturated rings. The molecule has 9 heteroatoms. The Balaban J connectivity index is 2.25. The Morgan fingerprint density at radius 3 is 2.10 bits per heavy atom. The van der Waals surface area contributed by atoms with Gasteiger partial charge in [0.05, 0.1) is 7.11 Å². The molecule has 3 aromatic rings. The number of aromatic carboxylic acids is 2. The minimum absolute atomic E-state index is 0.0934. The molecule has 2 aromatic carbocycles. The Hall–Kier alpha value is -4.27. The van der Waals surface area contributed by atoms with Crippen molar-refractivity contribution in [3.8, 4) is 28.4 Å². The van der Waals surface area contributed by atoms with Gasteiger partial charge in [-0.15, -0.1) is 0 Å². The lowest BCUT2D eigenvalue weighted by Gasteiger charge is -2.16. The van der Waals surface area contributed by atoms with Crippen molar-refractivity contribution in [2.75, 3.05) is 12.8 Å². The number of H-pyrrole nitrogens is 1. The van der Waals surface area contributed by atoms with Gasteiger partial charge in [0.15, 0.2) is 0 Å². The summed E-state index contributed by atoms with van der Waals surface area (Å²) < 4.78 is 10.9. The molecule has 0 atom stereocenters. The van der Waals surface area contributed by atoms with E-state index in [2.05, 4.69) is 4.98 Å². The second kappa shape index (κ2) is 7.77. The topological polar surface area (TPSA) is 152 Å². The molecule has 1 heterocycles. The molecule has 148 valence electrons. The van der Waals surface area contributed by atoms with Crippen LogP contribution in [0.4, 0.5) is 5.82 Å². The average Bonchev–Trinajstić information content (AvgIpc) is 2.67. The summed E-state index contributed by atoms with van der Waals surface area (Å²) in [5.41, 5.74) is 3.13. The lowest BCUT2D eigenvalue weighted by molar-refractivity contribution is 0.0695. The van der Waals surface area contributed by atoms with Crippen LogP contribution in [0.1, 0.15) is 20.7 Å². The Bertz CT molecular complexity index is 1150. The van der Waals surface area contributed by atoms with E-state index in [1.54, 1.807) is 36.4 Å². The number of carboxylic acids is 2. The SMILES string of the molecule is COc1ccc(Oc2ccccc2-c2c(C(=O)O)c(N)[nH]c(=O)c2C(=O)O)cc1. The number of methoxy groups -OCH3 is 1. The highest BCUT2D eigenvalue weighted by Crippen LogP contribution is 2.38. The number of hydrogen-bond acceptors (Lipinski definition) is 6. The van der Waals surface area contributed by atoms with Crippen molar-refractivity contribution in [1.29, 1.82) is 0 Å². The number of aromatic amines is 1. The summed E-state index contributed by atoms with van der Waals surface area (Å²) in [6, 6.07) is 12.7. The molecule has 0 spiro atoms. The average molecular weight is 396 g/mol. The highest BCUT2D eigenvalue weighted by Gasteiger charge is 2.28. The number of nitrogens with two attached hydrogens (primary N) is 1. The summed E-state index contributed by atoms with van der Waals surface area (Å²) >= 11 is 0. The predicted octanol–water partition coefficient (Wildman–Crippen LogP) is 2.82. The number of nitrogen functional groups attached to an aromatic ring is 1. The Morgan fingerprint density at radius 1 is 0.931 bits per heavy atom. The van der Waals surface area contributed by atoms with Gasteiger partial charge in [-0.3, -0.25) is 4.79 Å². The second-order valence-electron chi connectivity index (χ2n) is 5.88. The third kappa shape index (κ3) is 3.74. The third-order valence-electron chi connectivity index (χ3n) is 4.12.